The third-order valence-corrected chi connectivity index (χ3v) is 5.42. The van der Waals surface area contributed by atoms with E-state index < -0.39 is 15.6 Å². The molecule has 114 valence electrons. The Hall–Kier alpha value is -0.130. The molecule has 0 radical (unpaired) electrons. The third-order valence-electron chi connectivity index (χ3n) is 3.89. The van der Waals surface area contributed by atoms with Crippen LogP contribution in [-0.4, -0.2) is 43.3 Å². The molecule has 0 bridgehead atoms. The number of nitrogens with zero attached hydrogens (tertiary/aromatic N) is 1. The Morgan fingerprint density at radius 2 is 1.58 bits per heavy atom. The second kappa shape index (κ2) is 5.01. The summed E-state index contributed by atoms with van der Waals surface area (Å²) in [6, 6.07) is 0. The lowest BCUT2D eigenvalue weighted by molar-refractivity contribution is -0.0458. The minimum absolute atomic E-state index is 0.0476. The van der Waals surface area contributed by atoms with Crippen LogP contribution in [0.1, 0.15) is 54.4 Å². The molecule has 0 N–H and O–H groups in total. The molecule has 0 aromatic rings. The van der Waals surface area contributed by atoms with Gasteiger partial charge >= 0.3 is 0 Å². The van der Waals surface area contributed by atoms with E-state index in [4.69, 9.17) is 4.74 Å². The van der Waals surface area contributed by atoms with E-state index in [1.54, 1.807) is 0 Å². The Morgan fingerprint density at radius 1 is 1.11 bits per heavy atom. The van der Waals surface area contributed by atoms with Gasteiger partial charge in [-0.15, -0.1) is 0 Å². The van der Waals surface area contributed by atoms with Crippen molar-refractivity contribution in [3.05, 3.63) is 0 Å². The second-order valence-corrected chi connectivity index (χ2v) is 9.51. The van der Waals surface area contributed by atoms with E-state index >= 15 is 0 Å². The zero-order valence-electron chi connectivity index (χ0n) is 13.4. The van der Waals surface area contributed by atoms with Crippen LogP contribution in [-0.2, 0) is 14.8 Å². The van der Waals surface area contributed by atoms with E-state index in [2.05, 4.69) is 20.8 Å². The van der Waals surface area contributed by atoms with Gasteiger partial charge in [-0.05, 0) is 39.0 Å². The molecule has 0 heterocycles. The van der Waals surface area contributed by atoms with Gasteiger partial charge in [0.05, 0.1) is 18.5 Å². The lowest BCUT2D eigenvalue weighted by Gasteiger charge is -2.35. The fourth-order valence-corrected chi connectivity index (χ4v) is 3.95. The third kappa shape index (κ3) is 4.17. The average molecular weight is 291 g/mol. The van der Waals surface area contributed by atoms with Crippen molar-refractivity contribution in [2.75, 3.05) is 19.4 Å². The number of rotatable bonds is 5. The summed E-state index contributed by atoms with van der Waals surface area (Å²) in [7, 11) is -3.20. The van der Waals surface area contributed by atoms with E-state index in [9.17, 15) is 8.42 Å². The minimum atomic E-state index is -3.20. The monoisotopic (exact) mass is 291 g/mol. The molecule has 0 atom stereocenters. The van der Waals surface area contributed by atoms with Crippen LogP contribution in [0.3, 0.4) is 0 Å². The van der Waals surface area contributed by atoms with Crippen LogP contribution in [0.25, 0.3) is 0 Å². The van der Waals surface area contributed by atoms with Gasteiger partial charge in [-0.3, -0.25) is 0 Å². The van der Waals surface area contributed by atoms with Crippen LogP contribution in [0.15, 0.2) is 0 Å². The number of ether oxygens (including phenoxy) is 1. The highest BCUT2D eigenvalue weighted by Crippen LogP contribution is 2.52. The molecule has 1 fully saturated rings. The Bertz CT molecular complexity index is 411. The average Bonchev–Trinajstić information content (AvgIpc) is 2.87. The normalized spacial score (nSPS) is 19.8. The Labute approximate surface area is 118 Å². The lowest BCUT2D eigenvalue weighted by atomic mass is 9.86. The number of hydrogen-bond acceptors (Lipinski definition) is 3. The molecule has 0 saturated heterocycles. The summed E-state index contributed by atoms with van der Waals surface area (Å²) < 4.78 is 31.2. The van der Waals surface area contributed by atoms with Gasteiger partial charge in [0.25, 0.3) is 0 Å². The fraction of sp³-hybridized carbons (Fsp3) is 1.00. The molecule has 1 saturated carbocycles. The van der Waals surface area contributed by atoms with Crippen molar-refractivity contribution in [1.82, 2.24) is 4.31 Å². The van der Waals surface area contributed by atoms with E-state index in [1.807, 2.05) is 20.8 Å². The Balaban J connectivity index is 2.61. The number of sulfonamides is 1. The molecule has 0 aromatic carbocycles. The predicted molar refractivity (Wildman–Crippen MR) is 78.7 cm³/mol. The molecule has 1 rings (SSSR count). The standard InChI is InChI=1S/C14H29NO3S/c1-12(2,3)14(8-9-14)18-11-10-15(13(4,5)6)19(7,16)17/h8-11H2,1-7H3. The maximum absolute atomic E-state index is 11.8. The predicted octanol–water partition coefficient (Wildman–Crippen LogP) is 2.64. The molecule has 1 aliphatic carbocycles. The van der Waals surface area contributed by atoms with Gasteiger partial charge in [0.1, 0.15) is 0 Å². The Kier molecular flexibility index (Phi) is 4.46. The van der Waals surface area contributed by atoms with Crippen molar-refractivity contribution in [2.45, 2.75) is 65.5 Å². The Morgan fingerprint density at radius 3 is 1.84 bits per heavy atom. The summed E-state index contributed by atoms with van der Waals surface area (Å²) in [5, 5.41) is 0. The van der Waals surface area contributed by atoms with Crippen molar-refractivity contribution in [3.63, 3.8) is 0 Å². The van der Waals surface area contributed by atoms with Crippen molar-refractivity contribution in [2.24, 2.45) is 5.41 Å². The van der Waals surface area contributed by atoms with Crippen LogP contribution in [0.5, 0.6) is 0 Å². The number of hydrogen-bond donors (Lipinski definition) is 0. The molecule has 4 nitrogen and oxygen atoms in total. The van der Waals surface area contributed by atoms with Gasteiger partial charge in [0.2, 0.25) is 10.0 Å². The molecule has 5 heteroatoms. The second-order valence-electron chi connectivity index (χ2n) is 7.60. The summed E-state index contributed by atoms with van der Waals surface area (Å²) in [6.45, 7) is 13.1. The molecule has 0 aromatic heterocycles. The van der Waals surface area contributed by atoms with E-state index in [0.717, 1.165) is 12.8 Å². The molecule has 1 aliphatic rings. The van der Waals surface area contributed by atoms with Crippen LogP contribution in [0.2, 0.25) is 0 Å². The van der Waals surface area contributed by atoms with Gasteiger partial charge in [-0.1, -0.05) is 20.8 Å². The first kappa shape index (κ1) is 16.9. The zero-order valence-corrected chi connectivity index (χ0v) is 14.2. The first-order valence-corrected chi connectivity index (χ1v) is 8.76. The summed E-state index contributed by atoms with van der Waals surface area (Å²) in [5.41, 5.74) is -0.339. The van der Waals surface area contributed by atoms with Gasteiger partial charge in [0.15, 0.2) is 0 Å². The topological polar surface area (TPSA) is 46.6 Å². The van der Waals surface area contributed by atoms with Gasteiger partial charge in [-0.2, -0.15) is 4.31 Å². The van der Waals surface area contributed by atoms with Gasteiger partial charge in [0, 0.05) is 12.1 Å². The van der Waals surface area contributed by atoms with Gasteiger partial charge in [-0.25, -0.2) is 8.42 Å². The van der Waals surface area contributed by atoms with Crippen LogP contribution >= 0.6 is 0 Å². The smallest absolute Gasteiger partial charge is 0.211 e. The largest absolute Gasteiger partial charge is 0.373 e. The van der Waals surface area contributed by atoms with Crippen LogP contribution in [0, 0.1) is 5.41 Å². The highest BCUT2D eigenvalue weighted by atomic mass is 32.2. The SMILES string of the molecule is CC(C)(C)N(CCOC1(C(C)(C)C)CC1)S(C)(=O)=O. The summed E-state index contributed by atoms with van der Waals surface area (Å²) in [5.74, 6) is 0. The van der Waals surface area contributed by atoms with Crippen molar-refractivity contribution >= 4 is 10.0 Å². The molecule has 0 aliphatic heterocycles. The van der Waals surface area contributed by atoms with Crippen molar-refractivity contribution in [1.29, 1.82) is 0 Å². The minimum Gasteiger partial charge on any atom is -0.373 e. The lowest BCUT2D eigenvalue weighted by Crippen LogP contribution is -2.47. The summed E-state index contributed by atoms with van der Waals surface area (Å²) >= 11 is 0. The first-order valence-electron chi connectivity index (χ1n) is 6.91. The highest BCUT2D eigenvalue weighted by molar-refractivity contribution is 7.88. The van der Waals surface area contributed by atoms with E-state index in [1.165, 1.54) is 10.6 Å². The summed E-state index contributed by atoms with van der Waals surface area (Å²) in [6.07, 6.45) is 3.41. The molecule has 0 spiro atoms. The highest BCUT2D eigenvalue weighted by Gasteiger charge is 2.53. The quantitative estimate of drug-likeness (QED) is 0.782. The van der Waals surface area contributed by atoms with Crippen LogP contribution in [0.4, 0.5) is 0 Å². The molecule has 0 amide bonds. The van der Waals surface area contributed by atoms with E-state index in [-0.39, 0.29) is 11.0 Å². The maximum atomic E-state index is 11.8. The van der Waals surface area contributed by atoms with Crippen molar-refractivity contribution < 1.29 is 13.2 Å². The molecular weight excluding hydrogens is 262 g/mol. The fourth-order valence-electron chi connectivity index (χ4n) is 2.55. The van der Waals surface area contributed by atoms with Crippen molar-refractivity contribution in [3.8, 4) is 0 Å². The van der Waals surface area contributed by atoms with Crippen LogP contribution < -0.4 is 0 Å². The molecule has 0 unspecified atom stereocenters. The zero-order chi connectivity index (χ0) is 15.1. The maximum Gasteiger partial charge on any atom is 0.211 e. The molecular formula is C14H29NO3S. The summed E-state index contributed by atoms with van der Waals surface area (Å²) in [4.78, 5) is 0. The van der Waals surface area contributed by atoms with Gasteiger partial charge < -0.3 is 4.74 Å². The molecule has 19 heavy (non-hydrogen) atoms. The first-order chi connectivity index (χ1) is 8.30. The van der Waals surface area contributed by atoms with E-state index in [0.29, 0.717) is 13.2 Å².